The molecule has 2 heterocycles. The summed E-state index contributed by atoms with van der Waals surface area (Å²) in [5.74, 6) is 0.562. The highest BCUT2D eigenvalue weighted by atomic mass is 16.6. The fourth-order valence-electron chi connectivity index (χ4n) is 6.14. The molecule has 170 valence electrons. The van der Waals surface area contributed by atoms with Gasteiger partial charge < -0.3 is 19.1 Å². The third-order valence-electron chi connectivity index (χ3n) is 7.83. The number of ether oxygens (including phenoxy) is 3. The number of likely N-dealkylation sites (tertiary alicyclic amines) is 1. The predicted octanol–water partition coefficient (Wildman–Crippen LogP) is 3.33. The van der Waals surface area contributed by atoms with Crippen LogP contribution >= 0.6 is 0 Å². The minimum atomic E-state index is -0.192. The van der Waals surface area contributed by atoms with Gasteiger partial charge in [0, 0.05) is 19.6 Å². The van der Waals surface area contributed by atoms with Gasteiger partial charge in [0.25, 0.3) is 0 Å². The van der Waals surface area contributed by atoms with Crippen LogP contribution in [0.4, 0.5) is 4.79 Å². The van der Waals surface area contributed by atoms with E-state index in [1.807, 2.05) is 4.90 Å². The summed E-state index contributed by atoms with van der Waals surface area (Å²) in [6, 6.07) is 0. The van der Waals surface area contributed by atoms with Crippen molar-refractivity contribution >= 4 is 21.0 Å². The normalized spacial score (nSPS) is 34.3. The first-order valence-electron chi connectivity index (χ1n) is 12.2. The molecule has 30 heavy (non-hydrogen) atoms. The maximum Gasteiger partial charge on any atom is 0.409 e. The predicted molar refractivity (Wildman–Crippen MR) is 125 cm³/mol. The molecule has 2 saturated heterocycles. The minimum Gasteiger partial charge on any atom is -0.443 e. The second-order valence-electron chi connectivity index (χ2n) is 11.8. The number of hydrogen-bond acceptors (Lipinski definition) is 4. The van der Waals surface area contributed by atoms with Crippen LogP contribution in [0.1, 0.15) is 79.6 Å². The standard InChI is InChI=1S/C23H43B2NO4/c1-21(2,3)11-8-12-22(4,5)19-18(28-6)16(10-13-23(19)15-29-23)30-20(27)26-14-7-9-17(26)25-24/h16-19,25H,7-15,24H2,1-6H3. The van der Waals surface area contributed by atoms with Crippen molar-refractivity contribution in [2.24, 2.45) is 16.7 Å². The summed E-state index contributed by atoms with van der Waals surface area (Å²) in [6.07, 6.45) is 7.01. The Hall–Kier alpha value is -0.680. The molecule has 3 aliphatic rings. The van der Waals surface area contributed by atoms with Crippen LogP contribution in [0.3, 0.4) is 0 Å². The molecule has 0 aromatic heterocycles. The number of epoxide rings is 1. The molecule has 1 amide bonds. The first kappa shape index (κ1) is 24.0. The molecular formula is C23H43B2NO4. The molecule has 0 bridgehead atoms. The molecule has 1 saturated carbocycles. The summed E-state index contributed by atoms with van der Waals surface area (Å²) in [6.45, 7) is 13.3. The number of carbonyl (C=O) groups excluding carboxylic acids is 1. The average molecular weight is 419 g/mol. The quantitative estimate of drug-likeness (QED) is 0.469. The number of methoxy groups -OCH3 is 1. The lowest BCUT2D eigenvalue weighted by molar-refractivity contribution is -0.136. The Kier molecular flexibility index (Phi) is 7.23. The van der Waals surface area contributed by atoms with Crippen LogP contribution in [-0.4, -0.2) is 69.9 Å². The van der Waals surface area contributed by atoms with E-state index in [0.717, 1.165) is 52.4 Å². The zero-order valence-electron chi connectivity index (χ0n) is 20.5. The second-order valence-corrected chi connectivity index (χ2v) is 11.8. The molecule has 0 radical (unpaired) electrons. The Labute approximate surface area is 185 Å². The number of carbonyl (C=O) groups is 1. The molecular weight excluding hydrogens is 376 g/mol. The van der Waals surface area contributed by atoms with Crippen molar-refractivity contribution in [2.75, 3.05) is 20.3 Å². The van der Waals surface area contributed by atoms with Crippen LogP contribution in [0, 0.1) is 16.7 Å². The highest BCUT2D eigenvalue weighted by Crippen LogP contribution is 2.56. The van der Waals surface area contributed by atoms with Crippen LogP contribution in [0.15, 0.2) is 0 Å². The number of amides is 1. The van der Waals surface area contributed by atoms with E-state index in [2.05, 4.69) is 42.4 Å². The molecule has 2 aliphatic heterocycles. The highest BCUT2D eigenvalue weighted by Gasteiger charge is 2.63. The highest BCUT2D eigenvalue weighted by molar-refractivity contribution is 6.90. The van der Waals surface area contributed by atoms with Crippen molar-refractivity contribution in [2.45, 2.75) is 103 Å². The van der Waals surface area contributed by atoms with Crippen molar-refractivity contribution in [3.05, 3.63) is 0 Å². The fourth-order valence-corrected chi connectivity index (χ4v) is 6.14. The molecule has 5 unspecified atom stereocenters. The molecule has 0 aromatic carbocycles. The largest absolute Gasteiger partial charge is 0.443 e. The molecule has 5 nitrogen and oxygen atoms in total. The van der Waals surface area contributed by atoms with E-state index in [9.17, 15) is 4.79 Å². The van der Waals surface area contributed by atoms with Gasteiger partial charge in [-0.3, -0.25) is 0 Å². The summed E-state index contributed by atoms with van der Waals surface area (Å²) >= 11 is 0. The Morgan fingerprint density at radius 3 is 2.50 bits per heavy atom. The third kappa shape index (κ3) is 5.20. The maximum atomic E-state index is 13.0. The molecule has 7 heteroatoms. The van der Waals surface area contributed by atoms with Gasteiger partial charge in [-0.15, -0.1) is 0 Å². The summed E-state index contributed by atoms with van der Waals surface area (Å²) in [5.41, 5.74) is 0.322. The zero-order valence-corrected chi connectivity index (χ0v) is 20.5. The number of nitrogens with zero attached hydrogens (tertiary/aromatic N) is 1. The molecule has 3 rings (SSSR count). The summed E-state index contributed by atoms with van der Waals surface area (Å²) in [7, 11) is 4.92. The van der Waals surface area contributed by atoms with Crippen molar-refractivity contribution in [1.82, 2.24) is 4.90 Å². The van der Waals surface area contributed by atoms with Gasteiger partial charge in [0.05, 0.1) is 19.9 Å². The van der Waals surface area contributed by atoms with E-state index in [-0.39, 0.29) is 35.2 Å². The lowest BCUT2D eigenvalue weighted by Gasteiger charge is -2.48. The zero-order chi connectivity index (χ0) is 22.2. The van der Waals surface area contributed by atoms with Crippen molar-refractivity contribution in [3.63, 3.8) is 0 Å². The smallest absolute Gasteiger partial charge is 0.409 e. The SMILES string of the molecule is BBC1CCCN1C(=O)OC1CCC2(CO2)C(C(C)(C)CCCC(C)(C)C)C1OC. The van der Waals surface area contributed by atoms with Crippen LogP contribution in [0.25, 0.3) is 0 Å². The van der Waals surface area contributed by atoms with Crippen molar-refractivity contribution in [1.29, 1.82) is 0 Å². The van der Waals surface area contributed by atoms with Gasteiger partial charge in [-0.2, -0.15) is 0 Å². The molecule has 0 N–H and O–H groups in total. The van der Waals surface area contributed by atoms with Gasteiger partial charge in [0.1, 0.15) is 19.4 Å². The van der Waals surface area contributed by atoms with Gasteiger partial charge in [0.15, 0.2) is 0 Å². The van der Waals surface area contributed by atoms with Crippen LogP contribution in [0.2, 0.25) is 0 Å². The van der Waals surface area contributed by atoms with Crippen LogP contribution in [0.5, 0.6) is 0 Å². The van der Waals surface area contributed by atoms with E-state index >= 15 is 0 Å². The van der Waals surface area contributed by atoms with Gasteiger partial charge >= 0.3 is 6.09 Å². The Morgan fingerprint density at radius 2 is 1.93 bits per heavy atom. The molecule has 1 spiro atoms. The van der Waals surface area contributed by atoms with Gasteiger partial charge in [-0.05, 0) is 55.3 Å². The summed E-state index contributed by atoms with van der Waals surface area (Å²) in [4.78, 5) is 14.9. The molecule has 0 aromatic rings. The Balaban J connectivity index is 1.71. The van der Waals surface area contributed by atoms with Gasteiger partial charge in [-0.1, -0.05) is 41.0 Å². The van der Waals surface area contributed by atoms with Gasteiger partial charge in [0.2, 0.25) is 0 Å². The van der Waals surface area contributed by atoms with E-state index in [1.165, 1.54) is 12.8 Å². The molecule has 1 aliphatic carbocycles. The maximum absolute atomic E-state index is 13.0. The van der Waals surface area contributed by atoms with E-state index < -0.39 is 0 Å². The van der Waals surface area contributed by atoms with Crippen LogP contribution in [-0.2, 0) is 14.2 Å². The number of rotatable bonds is 7. The first-order chi connectivity index (χ1) is 14.0. The second kappa shape index (κ2) is 9.05. The third-order valence-corrected chi connectivity index (χ3v) is 7.83. The van der Waals surface area contributed by atoms with E-state index in [1.54, 1.807) is 7.11 Å². The first-order valence-corrected chi connectivity index (χ1v) is 12.2. The Bertz CT molecular complexity index is 603. The van der Waals surface area contributed by atoms with Crippen molar-refractivity contribution < 1.29 is 19.0 Å². The van der Waals surface area contributed by atoms with E-state index in [4.69, 9.17) is 14.2 Å². The topological polar surface area (TPSA) is 51.3 Å². The van der Waals surface area contributed by atoms with Crippen molar-refractivity contribution in [3.8, 4) is 0 Å². The Morgan fingerprint density at radius 1 is 1.23 bits per heavy atom. The molecule has 3 fully saturated rings. The molecule has 5 atom stereocenters. The summed E-state index contributed by atoms with van der Waals surface area (Å²) < 4.78 is 18.3. The average Bonchev–Trinajstić information content (AvgIpc) is 3.24. The number of hydrogen-bond donors (Lipinski definition) is 0. The lowest BCUT2D eigenvalue weighted by Crippen LogP contribution is -2.56. The minimum absolute atomic E-state index is 0.0626. The monoisotopic (exact) mass is 419 g/mol. The van der Waals surface area contributed by atoms with E-state index in [0.29, 0.717) is 11.4 Å². The van der Waals surface area contributed by atoms with Gasteiger partial charge in [-0.25, -0.2) is 4.79 Å². The van der Waals surface area contributed by atoms with Crippen LogP contribution < -0.4 is 0 Å². The lowest BCUT2D eigenvalue weighted by atomic mass is 9.50. The summed E-state index contributed by atoms with van der Waals surface area (Å²) in [5, 5.41) is 0. The fraction of sp³-hybridized carbons (Fsp3) is 0.957.